The van der Waals surface area contributed by atoms with E-state index < -0.39 is 0 Å². The maximum absolute atomic E-state index is 12.1. The average Bonchev–Trinajstić information content (AvgIpc) is 2.99. The van der Waals surface area contributed by atoms with Gasteiger partial charge in [-0.2, -0.15) is 0 Å². The molecule has 0 saturated heterocycles. The van der Waals surface area contributed by atoms with Crippen molar-refractivity contribution in [1.82, 2.24) is 25.1 Å². The van der Waals surface area contributed by atoms with Crippen molar-refractivity contribution in [3.05, 3.63) is 29.7 Å². The number of rotatable bonds is 9. The zero-order valence-electron chi connectivity index (χ0n) is 15.2. The van der Waals surface area contributed by atoms with Gasteiger partial charge in [-0.1, -0.05) is 25.6 Å². The lowest BCUT2D eigenvalue weighted by atomic mass is 10.2. The number of pyridine rings is 1. The van der Waals surface area contributed by atoms with Gasteiger partial charge in [-0.15, -0.1) is 10.2 Å². The molecule has 7 nitrogen and oxygen atoms in total. The van der Waals surface area contributed by atoms with Crippen molar-refractivity contribution in [3.63, 3.8) is 0 Å². The van der Waals surface area contributed by atoms with Gasteiger partial charge in [-0.05, 0) is 24.7 Å². The molecular formula is C17H25N5O2S. The van der Waals surface area contributed by atoms with Crippen molar-refractivity contribution in [2.75, 3.05) is 19.9 Å². The molecule has 25 heavy (non-hydrogen) atoms. The Morgan fingerprint density at radius 3 is 2.76 bits per heavy atom. The van der Waals surface area contributed by atoms with Gasteiger partial charge < -0.3 is 14.6 Å². The van der Waals surface area contributed by atoms with Crippen molar-refractivity contribution in [1.29, 1.82) is 0 Å². The summed E-state index contributed by atoms with van der Waals surface area (Å²) in [7, 11) is 1.54. The Bertz CT molecular complexity index is 685. The number of nitrogens with one attached hydrogen (secondary N) is 1. The first-order chi connectivity index (χ1) is 12.0. The molecule has 0 fully saturated rings. The first-order valence-electron chi connectivity index (χ1n) is 8.29. The smallest absolute Gasteiger partial charge is 0.252 e. The van der Waals surface area contributed by atoms with Crippen LogP contribution in [0.1, 0.15) is 36.5 Å². The van der Waals surface area contributed by atoms with Crippen LogP contribution in [0.15, 0.2) is 23.5 Å². The molecule has 2 aromatic rings. The number of thioether (sulfide) groups is 1. The van der Waals surface area contributed by atoms with Crippen molar-refractivity contribution >= 4 is 17.7 Å². The lowest BCUT2D eigenvalue weighted by Crippen LogP contribution is -2.25. The Morgan fingerprint density at radius 1 is 1.36 bits per heavy atom. The van der Waals surface area contributed by atoms with Gasteiger partial charge in [0.2, 0.25) is 5.88 Å². The van der Waals surface area contributed by atoms with Crippen LogP contribution in [0.4, 0.5) is 0 Å². The molecule has 136 valence electrons. The molecule has 2 aromatic heterocycles. The summed E-state index contributed by atoms with van der Waals surface area (Å²) in [6.45, 7) is 5.84. The van der Waals surface area contributed by atoms with Crippen LogP contribution in [-0.2, 0) is 13.0 Å². The Hall–Kier alpha value is -2.09. The van der Waals surface area contributed by atoms with Gasteiger partial charge >= 0.3 is 0 Å². The summed E-state index contributed by atoms with van der Waals surface area (Å²) in [5.74, 6) is 1.86. The minimum absolute atomic E-state index is 0.136. The van der Waals surface area contributed by atoms with Crippen LogP contribution >= 0.6 is 11.8 Å². The molecule has 1 N–H and O–H groups in total. The van der Waals surface area contributed by atoms with E-state index in [2.05, 4.69) is 38.9 Å². The van der Waals surface area contributed by atoms with Crippen molar-refractivity contribution in [3.8, 4) is 5.88 Å². The zero-order valence-corrected chi connectivity index (χ0v) is 16.0. The van der Waals surface area contributed by atoms with E-state index in [1.807, 2.05) is 6.26 Å². The first-order valence-corrected chi connectivity index (χ1v) is 9.52. The van der Waals surface area contributed by atoms with Gasteiger partial charge in [0, 0.05) is 31.8 Å². The quantitative estimate of drug-likeness (QED) is 0.544. The highest BCUT2D eigenvalue weighted by atomic mass is 32.2. The normalized spacial score (nSPS) is 10.9. The number of ether oxygens (including phenoxy) is 1. The molecule has 0 radical (unpaired) electrons. The molecule has 0 aliphatic rings. The number of amides is 1. The Kier molecular flexibility index (Phi) is 7.24. The minimum Gasteiger partial charge on any atom is -0.481 e. The molecule has 0 aliphatic heterocycles. The van der Waals surface area contributed by atoms with Crippen molar-refractivity contribution < 1.29 is 9.53 Å². The van der Waals surface area contributed by atoms with Gasteiger partial charge in [0.15, 0.2) is 5.16 Å². The van der Waals surface area contributed by atoms with Crippen LogP contribution in [0, 0.1) is 5.92 Å². The van der Waals surface area contributed by atoms with E-state index in [1.165, 1.54) is 6.20 Å². The summed E-state index contributed by atoms with van der Waals surface area (Å²) in [5, 5.41) is 12.4. The van der Waals surface area contributed by atoms with Crippen LogP contribution in [-0.4, -0.2) is 45.6 Å². The lowest BCUT2D eigenvalue weighted by Gasteiger charge is -2.11. The largest absolute Gasteiger partial charge is 0.481 e. The lowest BCUT2D eigenvalue weighted by molar-refractivity contribution is 0.0952. The number of carbonyl (C=O) groups is 1. The minimum atomic E-state index is -0.136. The fourth-order valence-corrected chi connectivity index (χ4v) is 2.91. The molecule has 0 saturated carbocycles. The molecule has 8 heteroatoms. The second-order valence-corrected chi connectivity index (χ2v) is 6.83. The summed E-state index contributed by atoms with van der Waals surface area (Å²) >= 11 is 1.61. The molecule has 2 rings (SSSR count). The number of aromatic nitrogens is 4. The van der Waals surface area contributed by atoms with E-state index in [9.17, 15) is 4.79 Å². The molecule has 0 aromatic carbocycles. The highest BCUT2D eigenvalue weighted by Gasteiger charge is 2.12. The number of aryl methyl sites for hydroxylation is 1. The fourth-order valence-electron chi connectivity index (χ4n) is 2.39. The highest BCUT2D eigenvalue weighted by Crippen LogP contribution is 2.16. The van der Waals surface area contributed by atoms with Crippen LogP contribution in [0.3, 0.4) is 0 Å². The number of hydrogen-bond acceptors (Lipinski definition) is 6. The predicted octanol–water partition coefficient (Wildman–Crippen LogP) is 2.42. The summed E-state index contributed by atoms with van der Waals surface area (Å²) in [6.07, 6.45) is 5.10. The summed E-state index contributed by atoms with van der Waals surface area (Å²) in [4.78, 5) is 16.1. The van der Waals surface area contributed by atoms with Crippen molar-refractivity contribution in [2.45, 2.75) is 38.4 Å². The monoisotopic (exact) mass is 363 g/mol. The molecule has 0 unspecified atom stereocenters. The molecule has 0 atom stereocenters. The van der Waals surface area contributed by atoms with E-state index in [0.717, 1.165) is 30.4 Å². The third-order valence-electron chi connectivity index (χ3n) is 3.59. The topological polar surface area (TPSA) is 81.9 Å². The molecular weight excluding hydrogens is 338 g/mol. The third-order valence-corrected chi connectivity index (χ3v) is 4.26. The number of carbonyl (C=O) groups excluding carboxylic acids is 1. The van der Waals surface area contributed by atoms with Gasteiger partial charge in [0.05, 0.1) is 12.7 Å². The Morgan fingerprint density at radius 2 is 2.16 bits per heavy atom. The number of hydrogen-bond donors (Lipinski definition) is 1. The van der Waals surface area contributed by atoms with Crippen LogP contribution in [0.5, 0.6) is 5.88 Å². The summed E-state index contributed by atoms with van der Waals surface area (Å²) in [5.41, 5.74) is 0.522. The van der Waals surface area contributed by atoms with Gasteiger partial charge in [-0.25, -0.2) is 4.98 Å². The second kappa shape index (κ2) is 9.41. The maximum atomic E-state index is 12.1. The SMILES string of the molecule is COc1ccc(C(=O)NCCCc2nnc(SC)n2CC(C)C)cn1. The average molecular weight is 363 g/mol. The maximum Gasteiger partial charge on any atom is 0.252 e. The molecule has 0 aliphatic carbocycles. The van der Waals surface area contributed by atoms with E-state index in [-0.39, 0.29) is 5.91 Å². The standard InChI is InChI=1S/C17H25N5O2S/c1-12(2)11-22-14(20-21-17(22)25-4)6-5-9-18-16(23)13-7-8-15(24-3)19-10-13/h7-8,10,12H,5-6,9,11H2,1-4H3,(H,18,23). The highest BCUT2D eigenvalue weighted by molar-refractivity contribution is 7.98. The van der Waals surface area contributed by atoms with E-state index in [4.69, 9.17) is 4.74 Å². The van der Waals surface area contributed by atoms with Crippen LogP contribution < -0.4 is 10.1 Å². The van der Waals surface area contributed by atoms with Crippen LogP contribution in [0.2, 0.25) is 0 Å². The van der Waals surface area contributed by atoms with Gasteiger partial charge in [-0.3, -0.25) is 4.79 Å². The van der Waals surface area contributed by atoms with Gasteiger partial charge in [0.25, 0.3) is 5.91 Å². The van der Waals surface area contributed by atoms with E-state index >= 15 is 0 Å². The third kappa shape index (κ3) is 5.45. The number of nitrogens with zero attached hydrogens (tertiary/aromatic N) is 4. The Balaban J connectivity index is 1.84. The number of methoxy groups -OCH3 is 1. The second-order valence-electron chi connectivity index (χ2n) is 6.06. The molecule has 0 bridgehead atoms. The summed E-state index contributed by atoms with van der Waals surface area (Å²) in [6, 6.07) is 3.37. The van der Waals surface area contributed by atoms with Crippen molar-refractivity contribution in [2.24, 2.45) is 5.92 Å². The molecule has 1 amide bonds. The summed E-state index contributed by atoms with van der Waals surface area (Å²) < 4.78 is 7.16. The van der Waals surface area contributed by atoms with E-state index in [1.54, 1.807) is 31.0 Å². The van der Waals surface area contributed by atoms with Gasteiger partial charge in [0.1, 0.15) is 5.82 Å². The Labute approximate surface area is 152 Å². The fraction of sp³-hybridized carbons (Fsp3) is 0.529. The van der Waals surface area contributed by atoms with Crippen LogP contribution in [0.25, 0.3) is 0 Å². The molecule has 0 spiro atoms. The predicted molar refractivity (Wildman–Crippen MR) is 98.1 cm³/mol. The zero-order chi connectivity index (χ0) is 18.2. The molecule has 2 heterocycles. The first kappa shape index (κ1) is 19.2. The van der Waals surface area contributed by atoms with E-state index in [0.29, 0.717) is 23.9 Å².